The lowest BCUT2D eigenvalue weighted by Crippen LogP contribution is -2.43. The Bertz CT molecular complexity index is 1120. The molecule has 3 aromatic heterocycles. The molecule has 154 valence electrons. The number of aromatic amines is 1. The van der Waals surface area contributed by atoms with Crippen molar-refractivity contribution in [2.75, 3.05) is 38.5 Å². The number of nitrogens with zero attached hydrogens (tertiary/aromatic N) is 6. The van der Waals surface area contributed by atoms with E-state index < -0.39 is 0 Å². The Morgan fingerprint density at radius 2 is 1.87 bits per heavy atom. The monoisotopic (exact) mass is 402 g/mol. The van der Waals surface area contributed by atoms with Gasteiger partial charge in [0.05, 0.1) is 23.8 Å². The standard InChI is InChI=1S/C22H26N8/c1-16-14-30-20(18-11-24-25-12-18)13-23-22(30)21(26-16)27-19-5-3-17(4-6-19)15-29-9-7-28(2)8-10-29/h3-6,11-14H,7-10,15H2,1-2H3,(H,24,25)(H,26,27). The molecule has 0 aliphatic carbocycles. The van der Waals surface area contributed by atoms with Gasteiger partial charge in [0.15, 0.2) is 11.5 Å². The summed E-state index contributed by atoms with van der Waals surface area (Å²) in [6, 6.07) is 8.61. The number of fused-ring (bicyclic) bond motifs is 1. The third kappa shape index (κ3) is 3.79. The molecule has 1 aromatic carbocycles. The Morgan fingerprint density at radius 3 is 2.60 bits per heavy atom. The fourth-order valence-electron chi connectivity index (χ4n) is 3.89. The van der Waals surface area contributed by atoms with Crippen LogP contribution in [0.4, 0.5) is 11.5 Å². The van der Waals surface area contributed by atoms with Crippen molar-refractivity contribution in [3.05, 3.63) is 60.3 Å². The SMILES string of the molecule is Cc1cn2c(-c3cn[nH]c3)cnc2c(Nc2ccc(CN3CCN(C)CC3)cc2)n1. The van der Waals surface area contributed by atoms with E-state index >= 15 is 0 Å². The van der Waals surface area contributed by atoms with Crippen LogP contribution in [0.3, 0.4) is 0 Å². The van der Waals surface area contributed by atoms with Crippen LogP contribution in [-0.2, 0) is 6.54 Å². The van der Waals surface area contributed by atoms with Crippen molar-refractivity contribution >= 4 is 17.2 Å². The Balaban J connectivity index is 1.35. The van der Waals surface area contributed by atoms with Crippen molar-refractivity contribution in [3.63, 3.8) is 0 Å². The fraction of sp³-hybridized carbons (Fsp3) is 0.318. The number of anilines is 2. The number of hydrogen-bond donors (Lipinski definition) is 2. The van der Waals surface area contributed by atoms with Gasteiger partial charge >= 0.3 is 0 Å². The summed E-state index contributed by atoms with van der Waals surface area (Å²) in [5.41, 5.74) is 6.01. The lowest BCUT2D eigenvalue weighted by atomic mass is 10.2. The van der Waals surface area contributed by atoms with Crippen molar-refractivity contribution in [3.8, 4) is 11.3 Å². The Labute approximate surface area is 175 Å². The average Bonchev–Trinajstić information content (AvgIpc) is 3.41. The summed E-state index contributed by atoms with van der Waals surface area (Å²) < 4.78 is 2.05. The van der Waals surface area contributed by atoms with Crippen LogP contribution in [0.1, 0.15) is 11.3 Å². The quantitative estimate of drug-likeness (QED) is 0.535. The van der Waals surface area contributed by atoms with E-state index in [4.69, 9.17) is 0 Å². The van der Waals surface area contributed by atoms with Gasteiger partial charge in [0.25, 0.3) is 0 Å². The normalized spacial score (nSPS) is 15.7. The zero-order valence-electron chi connectivity index (χ0n) is 17.3. The molecule has 5 rings (SSSR count). The summed E-state index contributed by atoms with van der Waals surface area (Å²) in [6.45, 7) is 7.51. The summed E-state index contributed by atoms with van der Waals surface area (Å²) in [5, 5.41) is 10.4. The second-order valence-electron chi connectivity index (χ2n) is 7.96. The topological polar surface area (TPSA) is 77.4 Å². The molecule has 1 aliphatic rings. The predicted molar refractivity (Wildman–Crippen MR) is 118 cm³/mol. The number of likely N-dealkylation sites (N-methyl/N-ethyl adjacent to an activating group) is 1. The van der Waals surface area contributed by atoms with E-state index in [1.165, 1.54) is 5.56 Å². The van der Waals surface area contributed by atoms with Crippen molar-refractivity contribution < 1.29 is 0 Å². The van der Waals surface area contributed by atoms with E-state index in [2.05, 4.69) is 71.0 Å². The third-order valence-corrected chi connectivity index (χ3v) is 5.63. The molecule has 0 radical (unpaired) electrons. The van der Waals surface area contributed by atoms with E-state index in [1.54, 1.807) is 6.20 Å². The van der Waals surface area contributed by atoms with Crippen molar-refractivity contribution in [1.29, 1.82) is 0 Å². The molecule has 4 heterocycles. The van der Waals surface area contributed by atoms with E-state index in [0.717, 1.165) is 66.8 Å². The molecule has 1 saturated heterocycles. The average molecular weight is 403 g/mol. The maximum Gasteiger partial charge on any atom is 0.180 e. The molecule has 0 saturated carbocycles. The van der Waals surface area contributed by atoms with Gasteiger partial charge in [-0.2, -0.15) is 5.10 Å². The molecule has 8 nitrogen and oxygen atoms in total. The fourth-order valence-corrected chi connectivity index (χ4v) is 3.89. The molecule has 1 fully saturated rings. The third-order valence-electron chi connectivity index (χ3n) is 5.63. The molecular formula is C22H26N8. The molecule has 0 unspecified atom stereocenters. The molecule has 4 aromatic rings. The number of aryl methyl sites for hydroxylation is 1. The first kappa shape index (κ1) is 18.8. The minimum absolute atomic E-state index is 0.747. The van der Waals surface area contributed by atoms with Gasteiger partial charge in [0.2, 0.25) is 0 Å². The summed E-state index contributed by atoms with van der Waals surface area (Å²) in [4.78, 5) is 14.2. The van der Waals surface area contributed by atoms with Crippen LogP contribution in [0.2, 0.25) is 0 Å². The van der Waals surface area contributed by atoms with Crippen molar-refractivity contribution in [1.82, 2.24) is 34.4 Å². The predicted octanol–water partition coefficient (Wildman–Crippen LogP) is 2.92. The number of imidazole rings is 1. The Morgan fingerprint density at radius 1 is 1.07 bits per heavy atom. The zero-order chi connectivity index (χ0) is 20.5. The van der Waals surface area contributed by atoms with Crippen LogP contribution in [0.25, 0.3) is 16.9 Å². The first-order valence-corrected chi connectivity index (χ1v) is 10.3. The van der Waals surface area contributed by atoms with Gasteiger partial charge in [-0.05, 0) is 31.7 Å². The highest BCUT2D eigenvalue weighted by atomic mass is 15.2. The van der Waals surface area contributed by atoms with E-state index in [9.17, 15) is 0 Å². The number of aromatic nitrogens is 5. The minimum atomic E-state index is 0.747. The summed E-state index contributed by atoms with van der Waals surface area (Å²) in [7, 11) is 2.19. The van der Waals surface area contributed by atoms with Gasteiger partial charge in [-0.25, -0.2) is 9.97 Å². The highest BCUT2D eigenvalue weighted by Gasteiger charge is 2.15. The molecule has 1 aliphatic heterocycles. The van der Waals surface area contributed by atoms with Gasteiger partial charge in [0, 0.05) is 56.4 Å². The molecule has 8 heteroatoms. The highest BCUT2D eigenvalue weighted by molar-refractivity contribution is 5.74. The van der Waals surface area contributed by atoms with Crippen LogP contribution >= 0.6 is 0 Å². The second kappa shape index (κ2) is 7.89. The van der Waals surface area contributed by atoms with Crippen LogP contribution in [-0.4, -0.2) is 67.6 Å². The number of rotatable bonds is 5. The maximum absolute atomic E-state index is 4.68. The number of H-pyrrole nitrogens is 1. The number of nitrogens with one attached hydrogen (secondary N) is 2. The van der Waals surface area contributed by atoms with Crippen molar-refractivity contribution in [2.45, 2.75) is 13.5 Å². The van der Waals surface area contributed by atoms with Gasteiger partial charge in [-0.1, -0.05) is 12.1 Å². The smallest absolute Gasteiger partial charge is 0.180 e. The number of piperazine rings is 1. The highest BCUT2D eigenvalue weighted by Crippen LogP contribution is 2.25. The van der Waals surface area contributed by atoms with Gasteiger partial charge in [-0.3, -0.25) is 14.4 Å². The largest absolute Gasteiger partial charge is 0.337 e. The first-order chi connectivity index (χ1) is 14.7. The van der Waals surface area contributed by atoms with Crippen LogP contribution in [0, 0.1) is 6.92 Å². The molecule has 0 atom stereocenters. The lowest BCUT2D eigenvalue weighted by Gasteiger charge is -2.32. The molecular weight excluding hydrogens is 376 g/mol. The number of hydrogen-bond acceptors (Lipinski definition) is 6. The van der Waals surface area contributed by atoms with Crippen LogP contribution < -0.4 is 5.32 Å². The molecule has 0 spiro atoms. The van der Waals surface area contributed by atoms with Crippen LogP contribution in [0.5, 0.6) is 0 Å². The summed E-state index contributed by atoms with van der Waals surface area (Å²) in [6.07, 6.45) is 7.51. The van der Waals surface area contributed by atoms with Crippen molar-refractivity contribution in [2.24, 2.45) is 0 Å². The Hall–Kier alpha value is -3.23. The van der Waals surface area contributed by atoms with E-state index in [-0.39, 0.29) is 0 Å². The number of benzene rings is 1. The Kier molecular flexibility index (Phi) is 4.94. The van der Waals surface area contributed by atoms with Gasteiger partial charge in [-0.15, -0.1) is 0 Å². The van der Waals surface area contributed by atoms with Gasteiger partial charge < -0.3 is 10.2 Å². The maximum atomic E-state index is 4.68. The molecule has 2 N–H and O–H groups in total. The summed E-state index contributed by atoms with van der Waals surface area (Å²) in [5.74, 6) is 0.747. The first-order valence-electron chi connectivity index (χ1n) is 10.3. The minimum Gasteiger partial charge on any atom is -0.337 e. The second-order valence-corrected chi connectivity index (χ2v) is 7.96. The summed E-state index contributed by atoms with van der Waals surface area (Å²) >= 11 is 0. The molecule has 0 bridgehead atoms. The van der Waals surface area contributed by atoms with E-state index in [0.29, 0.717) is 0 Å². The molecule has 30 heavy (non-hydrogen) atoms. The van der Waals surface area contributed by atoms with Gasteiger partial charge in [0.1, 0.15) is 0 Å². The lowest BCUT2D eigenvalue weighted by molar-refractivity contribution is 0.148. The molecule has 0 amide bonds. The zero-order valence-corrected chi connectivity index (χ0v) is 17.3. The van der Waals surface area contributed by atoms with Crippen LogP contribution in [0.15, 0.2) is 49.1 Å². The van der Waals surface area contributed by atoms with E-state index in [1.807, 2.05) is 25.5 Å².